The first-order chi connectivity index (χ1) is 12.6. The van der Waals surface area contributed by atoms with Gasteiger partial charge < -0.3 is 10.6 Å². The molecule has 6 nitrogen and oxygen atoms in total. The predicted molar refractivity (Wildman–Crippen MR) is 110 cm³/mol. The van der Waals surface area contributed by atoms with Gasteiger partial charge in [-0.25, -0.2) is 13.1 Å². The molecule has 0 aliphatic rings. The molecule has 0 aromatic heterocycles. The van der Waals surface area contributed by atoms with Crippen molar-refractivity contribution in [3.8, 4) is 0 Å². The molecule has 0 aliphatic heterocycles. The molecular formula is C19H24ClN3O3S. The van der Waals surface area contributed by atoms with Crippen molar-refractivity contribution in [1.82, 2.24) is 4.72 Å². The molecule has 146 valence electrons. The van der Waals surface area contributed by atoms with Gasteiger partial charge in [0.05, 0.1) is 4.90 Å². The van der Waals surface area contributed by atoms with Crippen molar-refractivity contribution >= 4 is 38.9 Å². The summed E-state index contributed by atoms with van der Waals surface area (Å²) in [6.07, 6.45) is 0. The van der Waals surface area contributed by atoms with Gasteiger partial charge in [-0.2, -0.15) is 0 Å². The van der Waals surface area contributed by atoms with Crippen LogP contribution in [-0.2, 0) is 14.8 Å². The van der Waals surface area contributed by atoms with E-state index in [0.717, 1.165) is 11.3 Å². The lowest BCUT2D eigenvalue weighted by atomic mass is 10.1. The standard InChI is InChI=1S/C19H24ClN3O3S/c1-12(2)23-27(25,26)16-10-8-15(9-11-16)22-19(24)14(4)21-18-7-5-6-17(20)13(18)3/h5-12,14,21,23H,1-4H3,(H,22,24)/t14-/m1/s1. The number of rotatable bonds is 7. The average Bonchev–Trinajstić information content (AvgIpc) is 2.58. The maximum absolute atomic E-state index is 12.4. The largest absolute Gasteiger partial charge is 0.374 e. The number of anilines is 2. The molecule has 0 bridgehead atoms. The first kappa shape index (κ1) is 21.2. The van der Waals surface area contributed by atoms with Crippen molar-refractivity contribution < 1.29 is 13.2 Å². The molecule has 3 N–H and O–H groups in total. The Bertz CT molecular complexity index is 912. The van der Waals surface area contributed by atoms with Crippen molar-refractivity contribution in [2.24, 2.45) is 0 Å². The summed E-state index contributed by atoms with van der Waals surface area (Å²) in [5, 5.41) is 6.52. The summed E-state index contributed by atoms with van der Waals surface area (Å²) in [4.78, 5) is 12.6. The summed E-state index contributed by atoms with van der Waals surface area (Å²) in [6.45, 7) is 7.12. The zero-order valence-electron chi connectivity index (χ0n) is 15.7. The molecule has 2 aromatic carbocycles. The SMILES string of the molecule is Cc1c(Cl)cccc1N[C@H](C)C(=O)Nc1ccc(S(=O)(=O)NC(C)C)cc1. The number of hydrogen-bond donors (Lipinski definition) is 3. The Balaban J connectivity index is 2.04. The van der Waals surface area contributed by atoms with E-state index in [2.05, 4.69) is 15.4 Å². The van der Waals surface area contributed by atoms with Crippen molar-refractivity contribution in [2.45, 2.75) is 44.7 Å². The fraction of sp³-hybridized carbons (Fsp3) is 0.316. The van der Waals surface area contributed by atoms with Gasteiger partial charge >= 0.3 is 0 Å². The molecule has 2 aromatic rings. The molecular weight excluding hydrogens is 386 g/mol. The number of sulfonamides is 1. The minimum Gasteiger partial charge on any atom is -0.374 e. The number of benzene rings is 2. The van der Waals surface area contributed by atoms with Crippen LogP contribution in [0.4, 0.5) is 11.4 Å². The number of halogens is 1. The minimum absolute atomic E-state index is 0.148. The van der Waals surface area contributed by atoms with E-state index < -0.39 is 16.1 Å². The topological polar surface area (TPSA) is 87.3 Å². The molecule has 27 heavy (non-hydrogen) atoms. The van der Waals surface area contributed by atoms with Gasteiger partial charge in [-0.1, -0.05) is 17.7 Å². The van der Waals surface area contributed by atoms with E-state index in [1.165, 1.54) is 12.1 Å². The van der Waals surface area contributed by atoms with Crippen LogP contribution in [0.3, 0.4) is 0 Å². The van der Waals surface area contributed by atoms with Crippen molar-refractivity contribution in [3.05, 3.63) is 53.1 Å². The molecule has 0 spiro atoms. The maximum atomic E-state index is 12.4. The van der Waals surface area contributed by atoms with Gasteiger partial charge in [-0.05, 0) is 69.7 Å². The van der Waals surface area contributed by atoms with Crippen LogP contribution in [0.25, 0.3) is 0 Å². The van der Waals surface area contributed by atoms with Gasteiger partial charge in [0, 0.05) is 22.4 Å². The first-order valence-electron chi connectivity index (χ1n) is 8.55. The Labute approximate surface area is 165 Å². The lowest BCUT2D eigenvalue weighted by molar-refractivity contribution is -0.116. The second kappa shape index (κ2) is 8.73. The van der Waals surface area contributed by atoms with Crippen molar-refractivity contribution in [3.63, 3.8) is 0 Å². The molecule has 0 heterocycles. The van der Waals surface area contributed by atoms with Gasteiger partial charge in [0.25, 0.3) is 0 Å². The molecule has 8 heteroatoms. The smallest absolute Gasteiger partial charge is 0.246 e. The molecule has 0 saturated heterocycles. The molecule has 1 atom stereocenters. The number of hydrogen-bond acceptors (Lipinski definition) is 4. The van der Waals surface area contributed by atoms with E-state index in [0.29, 0.717) is 10.7 Å². The first-order valence-corrected chi connectivity index (χ1v) is 10.4. The van der Waals surface area contributed by atoms with Gasteiger partial charge in [-0.15, -0.1) is 0 Å². The van der Waals surface area contributed by atoms with E-state index in [4.69, 9.17) is 11.6 Å². The molecule has 0 aliphatic carbocycles. The highest BCUT2D eigenvalue weighted by molar-refractivity contribution is 7.89. The molecule has 0 unspecified atom stereocenters. The Kier molecular flexibility index (Phi) is 6.86. The number of amides is 1. The van der Waals surface area contributed by atoms with Crippen LogP contribution in [0.15, 0.2) is 47.4 Å². The maximum Gasteiger partial charge on any atom is 0.246 e. The number of nitrogens with one attached hydrogen (secondary N) is 3. The Morgan fingerprint density at radius 2 is 1.67 bits per heavy atom. The minimum atomic E-state index is -3.56. The van der Waals surface area contributed by atoms with E-state index >= 15 is 0 Å². The average molecular weight is 410 g/mol. The van der Waals surface area contributed by atoms with Gasteiger partial charge in [0.1, 0.15) is 6.04 Å². The highest BCUT2D eigenvalue weighted by Gasteiger charge is 2.17. The van der Waals surface area contributed by atoms with E-state index in [-0.39, 0.29) is 16.8 Å². The second-order valence-corrected chi connectivity index (χ2v) is 8.69. The molecule has 1 amide bonds. The van der Waals surface area contributed by atoms with Crippen LogP contribution < -0.4 is 15.4 Å². The summed E-state index contributed by atoms with van der Waals surface area (Å²) < 4.78 is 26.8. The van der Waals surface area contributed by atoms with E-state index in [9.17, 15) is 13.2 Å². The third-order valence-electron chi connectivity index (χ3n) is 3.86. The van der Waals surface area contributed by atoms with E-state index in [1.807, 2.05) is 19.1 Å². The zero-order valence-corrected chi connectivity index (χ0v) is 17.3. The normalized spacial score (nSPS) is 12.7. The fourth-order valence-electron chi connectivity index (χ4n) is 2.41. The van der Waals surface area contributed by atoms with Gasteiger partial charge in [-0.3, -0.25) is 4.79 Å². The lowest BCUT2D eigenvalue weighted by Crippen LogP contribution is -2.32. The number of carbonyl (C=O) groups excluding carboxylic acids is 1. The molecule has 0 saturated carbocycles. The Morgan fingerprint density at radius 3 is 2.26 bits per heavy atom. The Hall–Kier alpha value is -2.09. The number of carbonyl (C=O) groups is 1. The van der Waals surface area contributed by atoms with Crippen LogP contribution in [0.5, 0.6) is 0 Å². The summed E-state index contributed by atoms with van der Waals surface area (Å²) in [5.41, 5.74) is 2.16. The molecule has 2 rings (SSSR count). The highest BCUT2D eigenvalue weighted by atomic mass is 35.5. The van der Waals surface area contributed by atoms with Crippen LogP contribution in [0.1, 0.15) is 26.3 Å². The highest BCUT2D eigenvalue weighted by Crippen LogP contribution is 2.23. The Morgan fingerprint density at radius 1 is 1.04 bits per heavy atom. The van der Waals surface area contributed by atoms with Crippen LogP contribution in [0, 0.1) is 6.92 Å². The summed E-state index contributed by atoms with van der Waals surface area (Å²) >= 11 is 6.09. The zero-order chi connectivity index (χ0) is 20.2. The van der Waals surface area contributed by atoms with Gasteiger partial charge in [0.2, 0.25) is 15.9 Å². The third kappa shape index (κ3) is 5.69. The molecule has 0 fully saturated rings. The van der Waals surface area contributed by atoms with Crippen LogP contribution in [-0.4, -0.2) is 26.4 Å². The van der Waals surface area contributed by atoms with Crippen molar-refractivity contribution in [2.75, 3.05) is 10.6 Å². The molecule has 0 radical (unpaired) electrons. The van der Waals surface area contributed by atoms with Crippen LogP contribution in [0.2, 0.25) is 5.02 Å². The predicted octanol–water partition coefficient (Wildman–Crippen LogP) is 3.77. The van der Waals surface area contributed by atoms with E-state index in [1.54, 1.807) is 39.0 Å². The van der Waals surface area contributed by atoms with Crippen LogP contribution >= 0.6 is 11.6 Å². The van der Waals surface area contributed by atoms with Crippen molar-refractivity contribution in [1.29, 1.82) is 0 Å². The quantitative estimate of drug-likeness (QED) is 0.649. The summed E-state index contributed by atoms with van der Waals surface area (Å²) in [6, 6.07) is 10.8. The summed E-state index contributed by atoms with van der Waals surface area (Å²) in [7, 11) is -3.56. The lowest BCUT2D eigenvalue weighted by Gasteiger charge is -2.17. The monoisotopic (exact) mass is 409 g/mol. The second-order valence-electron chi connectivity index (χ2n) is 6.57. The van der Waals surface area contributed by atoms with Gasteiger partial charge in [0.15, 0.2) is 0 Å². The summed E-state index contributed by atoms with van der Waals surface area (Å²) in [5.74, 6) is -0.245. The fourth-order valence-corrected chi connectivity index (χ4v) is 3.83. The third-order valence-corrected chi connectivity index (χ3v) is 5.94.